The molecule has 5 aromatic rings. The quantitative estimate of drug-likeness (QED) is 0.192. The first-order chi connectivity index (χ1) is 23.5. The maximum atomic E-state index is 14.2. The molecule has 0 spiro atoms. The van der Waals surface area contributed by atoms with Crippen molar-refractivity contribution in [2.45, 2.75) is 28.9 Å². The molecular formula is C35H26F3N3O6S2. The molecule has 0 radical (unpaired) electrons. The Morgan fingerprint density at radius 2 is 1.61 bits per heavy atom. The molecule has 0 aliphatic carbocycles. The fraction of sp³-hybridized carbons (Fsp3) is 0.200. The monoisotopic (exact) mass is 705 g/mol. The highest BCUT2D eigenvalue weighted by Crippen LogP contribution is 2.54. The number of ether oxygens (including phenoxy) is 2. The summed E-state index contributed by atoms with van der Waals surface area (Å²) in [6, 6.07) is 22.1. The lowest BCUT2D eigenvalue weighted by atomic mass is 9.83. The molecular weight excluding hydrogens is 680 g/mol. The van der Waals surface area contributed by atoms with Crippen LogP contribution in [0.5, 0.6) is 11.5 Å². The normalized spacial score (nSPS) is 18.7. The lowest BCUT2D eigenvalue weighted by molar-refractivity contribution is -0.137. The predicted molar refractivity (Wildman–Crippen MR) is 180 cm³/mol. The van der Waals surface area contributed by atoms with Gasteiger partial charge in [-0.1, -0.05) is 65.6 Å². The average molecular weight is 706 g/mol. The van der Waals surface area contributed by atoms with Crippen LogP contribution in [0, 0.1) is 5.92 Å². The van der Waals surface area contributed by atoms with Crippen molar-refractivity contribution in [2.75, 3.05) is 24.4 Å². The average Bonchev–Trinajstić information content (AvgIpc) is 3.53. The fourth-order valence-corrected chi connectivity index (χ4v) is 9.12. The molecule has 1 fully saturated rings. The van der Waals surface area contributed by atoms with Crippen molar-refractivity contribution in [3.05, 3.63) is 111 Å². The molecule has 2 aliphatic heterocycles. The van der Waals surface area contributed by atoms with Crippen LogP contribution in [0.1, 0.15) is 21.9 Å². The number of rotatable bonds is 7. The van der Waals surface area contributed by atoms with E-state index in [1.54, 1.807) is 24.3 Å². The smallest absolute Gasteiger partial charge is 0.416 e. The van der Waals surface area contributed by atoms with Gasteiger partial charge in [0.25, 0.3) is 0 Å². The second-order valence-corrected chi connectivity index (χ2v) is 13.6. The van der Waals surface area contributed by atoms with E-state index in [2.05, 4.69) is 5.32 Å². The SMILES string of the molecule is COc1ccc([C@H]2c3sc(=O)n(CC(=O)Nc4ccc5ccccc5c4)c3SC3C(=O)N(c4cccc(C(F)(F)F)c4)C(=O)C32)cc1OC. The van der Waals surface area contributed by atoms with E-state index < -0.39 is 51.4 Å². The minimum atomic E-state index is -4.70. The molecule has 3 heterocycles. The first kappa shape index (κ1) is 32.5. The van der Waals surface area contributed by atoms with E-state index in [1.165, 1.54) is 24.9 Å². The maximum absolute atomic E-state index is 14.2. The number of nitrogens with zero attached hydrogens (tertiary/aromatic N) is 2. The number of alkyl halides is 3. The largest absolute Gasteiger partial charge is 0.493 e. The van der Waals surface area contributed by atoms with Crippen LogP contribution in [0.15, 0.2) is 94.7 Å². The van der Waals surface area contributed by atoms with Crippen LogP contribution in [0.4, 0.5) is 24.5 Å². The number of thioether (sulfide) groups is 1. The zero-order valence-corrected chi connectivity index (χ0v) is 27.4. The number of halogens is 3. The number of thiazole rings is 1. The van der Waals surface area contributed by atoms with Gasteiger partial charge in [0, 0.05) is 16.5 Å². The Bertz CT molecular complexity index is 2210. The van der Waals surface area contributed by atoms with Gasteiger partial charge in [0.05, 0.1) is 36.4 Å². The molecule has 1 aromatic heterocycles. The maximum Gasteiger partial charge on any atom is 0.416 e. The number of carbonyl (C=O) groups is 3. The summed E-state index contributed by atoms with van der Waals surface area (Å²) >= 11 is 1.82. The first-order valence-corrected chi connectivity index (χ1v) is 16.6. The van der Waals surface area contributed by atoms with Gasteiger partial charge in [-0.25, -0.2) is 4.90 Å². The number of anilines is 2. The van der Waals surface area contributed by atoms with E-state index in [0.717, 1.165) is 57.0 Å². The molecule has 2 unspecified atom stereocenters. The van der Waals surface area contributed by atoms with Gasteiger partial charge in [0.1, 0.15) is 11.8 Å². The third-order valence-electron chi connectivity index (χ3n) is 8.58. The summed E-state index contributed by atoms with van der Waals surface area (Å²) in [5.41, 5.74) is -0.156. The minimum absolute atomic E-state index is 0.207. The summed E-state index contributed by atoms with van der Waals surface area (Å²) in [5, 5.41) is 3.97. The number of carbonyl (C=O) groups excluding carboxylic acids is 3. The van der Waals surface area contributed by atoms with Gasteiger partial charge in [0.2, 0.25) is 17.7 Å². The molecule has 14 heteroatoms. The van der Waals surface area contributed by atoms with Crippen LogP contribution in [0.2, 0.25) is 0 Å². The summed E-state index contributed by atoms with van der Waals surface area (Å²) < 4.78 is 53.0. The Hall–Kier alpha value is -5.08. The van der Waals surface area contributed by atoms with E-state index in [0.29, 0.717) is 32.7 Å². The molecule has 49 heavy (non-hydrogen) atoms. The number of fused-ring (bicyclic) bond motifs is 3. The van der Waals surface area contributed by atoms with Crippen LogP contribution >= 0.6 is 23.1 Å². The van der Waals surface area contributed by atoms with Crippen molar-refractivity contribution < 1.29 is 37.0 Å². The van der Waals surface area contributed by atoms with Crippen LogP contribution in [0.3, 0.4) is 0 Å². The highest BCUT2D eigenvalue weighted by molar-refractivity contribution is 8.00. The van der Waals surface area contributed by atoms with E-state index in [-0.39, 0.29) is 12.2 Å². The second kappa shape index (κ2) is 12.4. The van der Waals surface area contributed by atoms with Crippen molar-refractivity contribution in [3.8, 4) is 11.5 Å². The van der Waals surface area contributed by atoms with Crippen molar-refractivity contribution in [3.63, 3.8) is 0 Å². The number of aromatic nitrogens is 1. The van der Waals surface area contributed by atoms with Crippen molar-refractivity contribution in [1.29, 1.82) is 0 Å². The standard InChI is InChI=1S/C35H26F3N3O6S2/c1-46-24-13-11-20(15-25(24)47-2)27-28-29(32(44)41(31(28)43)23-9-5-8-21(16-23)35(36,37)38)48-33-30(27)49-34(45)40(33)17-26(42)39-22-12-10-18-6-3-4-7-19(18)14-22/h3-16,27-29H,17H2,1-2H3,(H,39,42)/t27-,28?,29?/m1/s1. The molecule has 2 aliphatic rings. The number of hydrogen-bond donors (Lipinski definition) is 1. The van der Waals surface area contributed by atoms with Crippen molar-refractivity contribution >= 4 is 63.0 Å². The van der Waals surface area contributed by atoms with Crippen LogP contribution < -0.4 is 24.6 Å². The van der Waals surface area contributed by atoms with Crippen LogP contribution in [0.25, 0.3) is 10.8 Å². The molecule has 3 atom stereocenters. The van der Waals surface area contributed by atoms with Gasteiger partial charge in [-0.05, 0) is 58.8 Å². The van der Waals surface area contributed by atoms with E-state index in [4.69, 9.17) is 9.47 Å². The Labute approximate surface area is 285 Å². The lowest BCUT2D eigenvalue weighted by Crippen LogP contribution is -2.33. The number of benzene rings is 4. The van der Waals surface area contributed by atoms with Crippen molar-refractivity contribution in [2.24, 2.45) is 5.92 Å². The summed E-state index contributed by atoms with van der Waals surface area (Å²) in [6.45, 7) is -0.375. The molecule has 7 rings (SSSR count). The molecule has 250 valence electrons. The Kier molecular flexibility index (Phi) is 8.23. The summed E-state index contributed by atoms with van der Waals surface area (Å²) in [5.74, 6) is -3.10. The van der Waals surface area contributed by atoms with Gasteiger partial charge in [0.15, 0.2) is 11.5 Å². The van der Waals surface area contributed by atoms with Crippen LogP contribution in [-0.4, -0.2) is 41.8 Å². The topological polar surface area (TPSA) is 107 Å². The minimum Gasteiger partial charge on any atom is -0.493 e. The predicted octanol–water partition coefficient (Wildman–Crippen LogP) is 6.53. The van der Waals surface area contributed by atoms with Gasteiger partial charge in [-0.2, -0.15) is 13.2 Å². The Balaban J connectivity index is 1.29. The summed E-state index contributed by atoms with van der Waals surface area (Å²) in [4.78, 5) is 55.8. The van der Waals surface area contributed by atoms with Gasteiger partial charge >= 0.3 is 11.0 Å². The summed E-state index contributed by atoms with van der Waals surface area (Å²) in [6.07, 6.45) is -4.70. The lowest BCUT2D eigenvalue weighted by Gasteiger charge is -2.31. The number of imide groups is 1. The molecule has 1 saturated heterocycles. The fourth-order valence-electron chi connectivity index (χ4n) is 6.35. The third kappa shape index (κ3) is 5.74. The van der Waals surface area contributed by atoms with Gasteiger partial charge < -0.3 is 14.8 Å². The zero-order chi connectivity index (χ0) is 34.6. The molecule has 9 nitrogen and oxygen atoms in total. The molecule has 4 aromatic carbocycles. The van der Waals surface area contributed by atoms with Crippen LogP contribution in [-0.2, 0) is 27.1 Å². The molecule has 0 saturated carbocycles. The van der Waals surface area contributed by atoms with E-state index in [1.807, 2.05) is 36.4 Å². The van der Waals surface area contributed by atoms with E-state index >= 15 is 0 Å². The van der Waals surface area contributed by atoms with Gasteiger partial charge in [-0.3, -0.25) is 23.7 Å². The Morgan fingerprint density at radius 1 is 0.857 bits per heavy atom. The highest BCUT2D eigenvalue weighted by Gasteiger charge is 2.57. The van der Waals surface area contributed by atoms with E-state index in [9.17, 15) is 32.3 Å². The number of amides is 3. The molecule has 3 amide bonds. The molecule has 1 N–H and O–H groups in total. The summed E-state index contributed by atoms with van der Waals surface area (Å²) in [7, 11) is 2.90. The second-order valence-electron chi connectivity index (χ2n) is 11.4. The number of nitrogens with one attached hydrogen (secondary N) is 1. The van der Waals surface area contributed by atoms with Gasteiger partial charge in [-0.15, -0.1) is 0 Å². The first-order valence-electron chi connectivity index (χ1n) is 14.9. The molecule has 0 bridgehead atoms. The Morgan fingerprint density at radius 3 is 2.35 bits per heavy atom. The third-order valence-corrected chi connectivity index (χ3v) is 11.2. The van der Waals surface area contributed by atoms with Crippen molar-refractivity contribution in [1.82, 2.24) is 4.57 Å². The zero-order valence-electron chi connectivity index (χ0n) is 25.8. The number of methoxy groups -OCH3 is 2. The highest BCUT2D eigenvalue weighted by atomic mass is 32.2. The number of hydrogen-bond acceptors (Lipinski definition) is 8.